The minimum atomic E-state index is -0.804. The van der Waals surface area contributed by atoms with E-state index in [4.69, 9.17) is 0 Å². The molecular formula is C16H22FNO2. The Hall–Kier alpha value is -1.42. The van der Waals surface area contributed by atoms with E-state index in [-0.39, 0.29) is 18.3 Å². The molecule has 1 aromatic rings. The molecule has 0 spiro atoms. The number of carbonyl (C=O) groups excluding carboxylic acids is 1. The van der Waals surface area contributed by atoms with Crippen LogP contribution in [-0.2, 0) is 0 Å². The van der Waals surface area contributed by atoms with Gasteiger partial charge in [-0.2, -0.15) is 0 Å². The lowest BCUT2D eigenvalue weighted by atomic mass is 9.79. The molecule has 2 rings (SSSR count). The summed E-state index contributed by atoms with van der Waals surface area (Å²) in [5.41, 5.74) is 0.256. The van der Waals surface area contributed by atoms with Crippen molar-refractivity contribution in [2.24, 2.45) is 5.92 Å². The Labute approximate surface area is 119 Å². The number of halogens is 1. The Balaban J connectivity index is 1.98. The van der Waals surface area contributed by atoms with Crippen molar-refractivity contribution in [1.82, 2.24) is 5.32 Å². The molecule has 1 amide bonds. The van der Waals surface area contributed by atoms with Crippen molar-refractivity contribution in [3.05, 3.63) is 35.1 Å². The van der Waals surface area contributed by atoms with Gasteiger partial charge in [-0.15, -0.1) is 0 Å². The minimum absolute atomic E-state index is 0.255. The quantitative estimate of drug-likeness (QED) is 0.894. The van der Waals surface area contributed by atoms with Crippen LogP contribution in [-0.4, -0.2) is 23.2 Å². The van der Waals surface area contributed by atoms with Crippen molar-refractivity contribution in [2.45, 2.75) is 45.1 Å². The molecule has 1 aromatic carbocycles. The van der Waals surface area contributed by atoms with Crippen LogP contribution in [0, 0.1) is 18.7 Å². The second-order valence-corrected chi connectivity index (χ2v) is 6.07. The fourth-order valence-electron chi connectivity index (χ4n) is 3.01. The van der Waals surface area contributed by atoms with E-state index in [1.807, 2.05) is 0 Å². The Bertz CT molecular complexity index is 503. The molecule has 1 aliphatic rings. The molecule has 2 unspecified atom stereocenters. The minimum Gasteiger partial charge on any atom is -0.388 e. The summed E-state index contributed by atoms with van der Waals surface area (Å²) in [5.74, 6) is -0.119. The number of aryl methyl sites for hydroxylation is 1. The zero-order valence-corrected chi connectivity index (χ0v) is 12.1. The van der Waals surface area contributed by atoms with Gasteiger partial charge in [0.25, 0.3) is 5.91 Å². The molecule has 3 nitrogen and oxygen atoms in total. The molecule has 0 saturated heterocycles. The van der Waals surface area contributed by atoms with Gasteiger partial charge < -0.3 is 10.4 Å². The van der Waals surface area contributed by atoms with Gasteiger partial charge in [-0.05, 0) is 49.4 Å². The molecule has 0 heterocycles. The van der Waals surface area contributed by atoms with Crippen LogP contribution in [0.5, 0.6) is 0 Å². The van der Waals surface area contributed by atoms with E-state index in [9.17, 15) is 14.3 Å². The number of hydrogen-bond donors (Lipinski definition) is 2. The van der Waals surface area contributed by atoms with E-state index in [1.165, 1.54) is 18.2 Å². The average molecular weight is 279 g/mol. The van der Waals surface area contributed by atoms with E-state index in [0.29, 0.717) is 17.0 Å². The lowest BCUT2D eigenvalue weighted by molar-refractivity contribution is -0.0109. The van der Waals surface area contributed by atoms with Crippen LogP contribution < -0.4 is 5.32 Å². The van der Waals surface area contributed by atoms with E-state index >= 15 is 0 Å². The van der Waals surface area contributed by atoms with Crippen molar-refractivity contribution in [2.75, 3.05) is 6.54 Å². The van der Waals surface area contributed by atoms with Gasteiger partial charge in [0.2, 0.25) is 0 Å². The van der Waals surface area contributed by atoms with Gasteiger partial charge in [0.15, 0.2) is 0 Å². The number of amides is 1. The van der Waals surface area contributed by atoms with Crippen LogP contribution in [0.25, 0.3) is 0 Å². The molecular weight excluding hydrogens is 257 g/mol. The first kappa shape index (κ1) is 15.0. The highest BCUT2D eigenvalue weighted by atomic mass is 19.1. The lowest BCUT2D eigenvalue weighted by Gasteiger charge is -2.35. The van der Waals surface area contributed by atoms with Gasteiger partial charge in [-0.25, -0.2) is 4.39 Å². The third kappa shape index (κ3) is 3.57. The molecule has 20 heavy (non-hydrogen) atoms. The lowest BCUT2D eigenvalue weighted by Crippen LogP contribution is -2.45. The molecule has 0 aliphatic heterocycles. The highest BCUT2D eigenvalue weighted by Crippen LogP contribution is 2.31. The molecule has 0 radical (unpaired) electrons. The topological polar surface area (TPSA) is 49.3 Å². The van der Waals surface area contributed by atoms with Crippen LogP contribution in [0.2, 0.25) is 0 Å². The van der Waals surface area contributed by atoms with Crippen LogP contribution in [0.1, 0.15) is 48.5 Å². The standard InChI is InChI=1S/C16H22FNO2/c1-11-4-3-7-16(20,9-11)10-18-15(19)14-6-5-13(17)8-12(14)2/h5-6,8,11,20H,3-4,7,9-10H2,1-2H3,(H,18,19). The first-order chi connectivity index (χ1) is 9.39. The fraction of sp³-hybridized carbons (Fsp3) is 0.562. The zero-order valence-electron chi connectivity index (χ0n) is 12.1. The highest BCUT2D eigenvalue weighted by molar-refractivity contribution is 5.95. The summed E-state index contributed by atoms with van der Waals surface area (Å²) in [4.78, 5) is 12.1. The average Bonchev–Trinajstić information content (AvgIpc) is 2.36. The largest absolute Gasteiger partial charge is 0.388 e. The van der Waals surface area contributed by atoms with E-state index in [1.54, 1.807) is 6.92 Å². The van der Waals surface area contributed by atoms with Crippen molar-refractivity contribution >= 4 is 5.91 Å². The Morgan fingerprint density at radius 3 is 2.95 bits per heavy atom. The monoisotopic (exact) mass is 279 g/mol. The summed E-state index contributed by atoms with van der Waals surface area (Å²) in [6.07, 6.45) is 3.56. The van der Waals surface area contributed by atoms with Gasteiger partial charge in [0.05, 0.1) is 5.60 Å². The first-order valence-electron chi connectivity index (χ1n) is 7.16. The maximum atomic E-state index is 13.0. The Morgan fingerprint density at radius 1 is 1.55 bits per heavy atom. The highest BCUT2D eigenvalue weighted by Gasteiger charge is 2.32. The molecule has 110 valence electrons. The summed E-state index contributed by atoms with van der Waals surface area (Å²) in [7, 11) is 0. The Morgan fingerprint density at radius 2 is 2.30 bits per heavy atom. The maximum absolute atomic E-state index is 13.0. The van der Waals surface area contributed by atoms with Crippen molar-refractivity contribution < 1.29 is 14.3 Å². The van der Waals surface area contributed by atoms with Gasteiger partial charge in [0.1, 0.15) is 5.82 Å². The predicted molar refractivity (Wildman–Crippen MR) is 76.1 cm³/mol. The normalized spacial score (nSPS) is 26.3. The van der Waals surface area contributed by atoms with Crippen LogP contribution in [0.15, 0.2) is 18.2 Å². The molecule has 0 bridgehead atoms. The summed E-state index contributed by atoms with van der Waals surface area (Å²) in [5, 5.41) is 13.3. The number of carbonyl (C=O) groups is 1. The molecule has 2 atom stereocenters. The number of aliphatic hydroxyl groups is 1. The fourth-order valence-corrected chi connectivity index (χ4v) is 3.01. The third-order valence-corrected chi connectivity index (χ3v) is 4.08. The van der Waals surface area contributed by atoms with Gasteiger partial charge in [-0.1, -0.05) is 19.8 Å². The maximum Gasteiger partial charge on any atom is 0.251 e. The second kappa shape index (κ2) is 5.92. The Kier molecular flexibility index (Phi) is 4.43. The first-order valence-corrected chi connectivity index (χ1v) is 7.16. The van der Waals surface area contributed by atoms with Gasteiger partial charge >= 0.3 is 0 Å². The summed E-state index contributed by atoms with van der Waals surface area (Å²) in [6.45, 7) is 4.08. The third-order valence-electron chi connectivity index (χ3n) is 4.08. The second-order valence-electron chi connectivity index (χ2n) is 6.07. The molecule has 1 aliphatic carbocycles. The molecule has 4 heteroatoms. The smallest absolute Gasteiger partial charge is 0.251 e. The van der Waals surface area contributed by atoms with Crippen molar-refractivity contribution in [1.29, 1.82) is 0 Å². The van der Waals surface area contributed by atoms with E-state index < -0.39 is 5.60 Å². The van der Waals surface area contributed by atoms with Crippen LogP contribution in [0.3, 0.4) is 0 Å². The molecule has 2 N–H and O–H groups in total. The van der Waals surface area contributed by atoms with Crippen molar-refractivity contribution in [3.63, 3.8) is 0 Å². The summed E-state index contributed by atoms with van der Waals surface area (Å²) < 4.78 is 13.0. The van der Waals surface area contributed by atoms with E-state index in [2.05, 4.69) is 12.2 Å². The SMILES string of the molecule is Cc1cc(F)ccc1C(=O)NCC1(O)CCCC(C)C1. The van der Waals surface area contributed by atoms with Crippen molar-refractivity contribution in [3.8, 4) is 0 Å². The van der Waals surface area contributed by atoms with Gasteiger partial charge in [-0.3, -0.25) is 4.79 Å². The van der Waals surface area contributed by atoms with E-state index in [0.717, 1.165) is 25.7 Å². The molecule has 0 aromatic heterocycles. The van der Waals surface area contributed by atoms with Crippen LogP contribution >= 0.6 is 0 Å². The molecule has 1 saturated carbocycles. The zero-order chi connectivity index (χ0) is 14.8. The number of benzene rings is 1. The van der Waals surface area contributed by atoms with Gasteiger partial charge in [0, 0.05) is 12.1 Å². The van der Waals surface area contributed by atoms with Crippen LogP contribution in [0.4, 0.5) is 4.39 Å². The number of hydrogen-bond acceptors (Lipinski definition) is 2. The number of rotatable bonds is 3. The predicted octanol–water partition coefficient (Wildman–Crippen LogP) is 2.81. The summed E-state index contributed by atoms with van der Waals surface area (Å²) in [6, 6.07) is 4.10. The summed E-state index contributed by atoms with van der Waals surface area (Å²) >= 11 is 0. The molecule has 1 fully saturated rings. The number of nitrogens with one attached hydrogen (secondary N) is 1.